The summed E-state index contributed by atoms with van der Waals surface area (Å²) in [7, 11) is -2.37. The van der Waals surface area contributed by atoms with Crippen LogP contribution in [0.4, 0.5) is 0 Å². The maximum Gasteiger partial charge on any atom is 4.00 e. The van der Waals surface area contributed by atoms with Crippen LogP contribution in [0.15, 0.2) is 24.3 Å². The quantitative estimate of drug-likeness (QED) is 0.307. The van der Waals surface area contributed by atoms with Crippen molar-refractivity contribution in [3.63, 3.8) is 0 Å². The Bertz CT molecular complexity index is 927. The summed E-state index contributed by atoms with van der Waals surface area (Å²) in [5.41, 5.74) is 8.00. The van der Waals surface area contributed by atoms with Crippen LogP contribution in [0.1, 0.15) is 112 Å². The van der Waals surface area contributed by atoms with Crippen LogP contribution in [0.3, 0.4) is 0 Å². The molecule has 2 aromatic rings. The molecular weight excluding hydrogens is 711 g/mol. The summed E-state index contributed by atoms with van der Waals surface area (Å²) in [6, 6.07) is 9.36. The predicted octanol–water partition coefficient (Wildman–Crippen LogP) is 4.93. The van der Waals surface area contributed by atoms with E-state index in [4.69, 9.17) is 8.85 Å². The van der Waals surface area contributed by atoms with E-state index in [2.05, 4.69) is 63.5 Å². The Labute approximate surface area is 307 Å². The molecule has 0 aromatic heterocycles. The molecule has 0 bridgehead atoms. The van der Waals surface area contributed by atoms with Crippen molar-refractivity contribution in [3.8, 4) is 11.5 Å². The van der Waals surface area contributed by atoms with Gasteiger partial charge in [-0.2, -0.15) is 34.4 Å². The Morgan fingerprint density at radius 3 is 1.20 bits per heavy atom. The molecule has 4 aliphatic rings. The molecule has 0 unspecified atom stereocenters. The Morgan fingerprint density at radius 1 is 0.568 bits per heavy atom. The summed E-state index contributed by atoms with van der Waals surface area (Å²) in [5.74, 6) is 2.38. The van der Waals surface area contributed by atoms with Crippen LogP contribution in [0.25, 0.3) is 0 Å². The summed E-state index contributed by atoms with van der Waals surface area (Å²) in [6.45, 7) is 14.1. The molecule has 0 N–H and O–H groups in total. The van der Waals surface area contributed by atoms with E-state index in [0.29, 0.717) is 0 Å². The molecule has 2 nitrogen and oxygen atoms in total. The average Bonchev–Trinajstić information content (AvgIpc) is 3.57. The van der Waals surface area contributed by atoms with Gasteiger partial charge in [-0.05, 0) is 74.5 Å². The zero-order valence-corrected chi connectivity index (χ0v) is 36.0. The second-order valence-corrected chi connectivity index (χ2v) is 24.2. The zero-order valence-electron chi connectivity index (χ0n) is 28.8. The number of hydrogen-bond acceptors (Lipinski definition) is 2. The zero-order chi connectivity index (χ0) is 29.3. The first kappa shape index (κ1) is 42.4. The molecule has 4 aliphatic carbocycles. The maximum absolute atomic E-state index is 6.53. The van der Waals surface area contributed by atoms with Gasteiger partial charge in [0.1, 0.15) is 0 Å². The summed E-state index contributed by atoms with van der Waals surface area (Å²) in [5, 5.41) is 0. The van der Waals surface area contributed by atoms with Crippen LogP contribution >= 0.6 is 0 Å². The second kappa shape index (κ2) is 20.7. The van der Waals surface area contributed by atoms with Crippen LogP contribution < -0.4 is 33.7 Å². The fourth-order valence-corrected chi connectivity index (χ4v) is 13.2. The molecule has 8 heteroatoms. The summed E-state index contributed by atoms with van der Waals surface area (Å²) >= 11 is 0. The monoisotopic (exact) mass is 769 g/mol. The van der Waals surface area contributed by atoms with Gasteiger partial charge in [0.25, 0.3) is 0 Å². The minimum absolute atomic E-state index is 0. The van der Waals surface area contributed by atoms with Crippen molar-refractivity contribution in [2.45, 2.75) is 166 Å². The molecule has 0 atom stereocenters. The van der Waals surface area contributed by atoms with Crippen LogP contribution in [-0.4, -0.2) is 26.2 Å². The molecule has 2 fully saturated rings. The van der Waals surface area contributed by atoms with Gasteiger partial charge >= 0.3 is 26.2 Å². The van der Waals surface area contributed by atoms with E-state index in [1.165, 1.54) is 127 Å². The van der Waals surface area contributed by atoms with Gasteiger partial charge in [0, 0.05) is 9.52 Å². The minimum Gasteiger partial charge on any atom is -1.00 e. The standard InChI is InChI=1S/2C17H27OSi.C2H7Si.2ClH.Zr/c2*1-19(2,17-10-4-3-5-11-17)18-16-12-14-8-6-7-9-15(14)13-16;1-3-2;;;/h2*12-13,17H,3-11H2,1-2H3;3H,1-2H3;2*1H;/q2*-1;;;;+4/p-2. The van der Waals surface area contributed by atoms with Gasteiger partial charge in [0.15, 0.2) is 0 Å². The SMILES string of the molecule is C[SiH]C.C[Si](C)(Oc1cc2c([cH-]1)CCCC2)C1CCCCC1.C[Si](C)(Oc1cc2c([cH-]1)CCCC2)C1CCCCC1.[Cl-].[Cl-].[Zr+4]. The largest absolute Gasteiger partial charge is 4.00 e. The molecular formula is C36H61Cl2O2Si3Zr. The van der Waals surface area contributed by atoms with E-state index in [0.717, 1.165) is 20.6 Å². The Morgan fingerprint density at radius 2 is 0.886 bits per heavy atom. The number of fused-ring (bicyclic) bond motifs is 2. The van der Waals surface area contributed by atoms with Crippen LogP contribution in [-0.2, 0) is 51.9 Å². The molecule has 2 saturated carbocycles. The van der Waals surface area contributed by atoms with Gasteiger partial charge < -0.3 is 33.7 Å². The minimum atomic E-state index is -1.56. The molecule has 0 saturated heterocycles. The van der Waals surface area contributed by atoms with Crippen LogP contribution in [0.2, 0.25) is 50.4 Å². The molecule has 44 heavy (non-hydrogen) atoms. The van der Waals surface area contributed by atoms with Crippen molar-refractivity contribution in [2.24, 2.45) is 0 Å². The van der Waals surface area contributed by atoms with Gasteiger partial charge in [-0.3, -0.25) is 0 Å². The maximum atomic E-state index is 6.53. The van der Waals surface area contributed by atoms with Crippen LogP contribution in [0.5, 0.6) is 11.5 Å². The topological polar surface area (TPSA) is 18.5 Å². The molecule has 0 spiro atoms. The molecule has 247 valence electrons. The van der Waals surface area contributed by atoms with E-state index in [1.807, 2.05) is 0 Å². The van der Waals surface area contributed by atoms with E-state index < -0.39 is 16.6 Å². The summed E-state index contributed by atoms with van der Waals surface area (Å²) in [4.78, 5) is 0. The van der Waals surface area contributed by atoms with Crippen molar-refractivity contribution in [1.29, 1.82) is 0 Å². The first-order valence-electron chi connectivity index (χ1n) is 17.4. The summed E-state index contributed by atoms with van der Waals surface area (Å²) in [6.07, 6.45) is 24.7. The smallest absolute Gasteiger partial charge is 1.00 e. The molecule has 6 rings (SSSR count). The molecule has 0 aliphatic heterocycles. The number of halogens is 2. The molecule has 2 aromatic carbocycles. The van der Waals surface area contributed by atoms with Gasteiger partial charge in [-0.1, -0.05) is 103 Å². The summed E-state index contributed by atoms with van der Waals surface area (Å²) < 4.78 is 13.1. The fourth-order valence-electron chi connectivity index (χ4n) is 7.82. The predicted molar refractivity (Wildman–Crippen MR) is 186 cm³/mol. The first-order chi connectivity index (χ1) is 19.7. The second-order valence-electron chi connectivity index (χ2n) is 14.6. The third-order valence-corrected chi connectivity index (χ3v) is 16.9. The number of rotatable bonds is 6. The van der Waals surface area contributed by atoms with E-state index >= 15 is 0 Å². The van der Waals surface area contributed by atoms with E-state index in [9.17, 15) is 0 Å². The average molecular weight is 772 g/mol. The molecule has 0 heterocycles. The Balaban J connectivity index is 0.000000380. The number of aryl methyl sites for hydroxylation is 4. The third kappa shape index (κ3) is 12.5. The van der Waals surface area contributed by atoms with Crippen molar-refractivity contribution < 1.29 is 59.9 Å². The van der Waals surface area contributed by atoms with Gasteiger partial charge in [-0.25, -0.2) is 0 Å². The normalized spacial score (nSPS) is 18.7. The van der Waals surface area contributed by atoms with Crippen molar-refractivity contribution >= 4 is 26.2 Å². The third-order valence-electron chi connectivity index (χ3n) is 10.3. The van der Waals surface area contributed by atoms with E-state index in [1.54, 1.807) is 22.3 Å². The van der Waals surface area contributed by atoms with Crippen molar-refractivity contribution in [2.75, 3.05) is 0 Å². The van der Waals surface area contributed by atoms with Crippen molar-refractivity contribution in [1.82, 2.24) is 0 Å². The van der Waals surface area contributed by atoms with Gasteiger partial charge in [-0.15, -0.1) is 12.1 Å². The van der Waals surface area contributed by atoms with Gasteiger partial charge in [0.2, 0.25) is 16.6 Å². The molecule has 1 radical (unpaired) electrons. The van der Waals surface area contributed by atoms with E-state index in [-0.39, 0.29) is 51.0 Å². The van der Waals surface area contributed by atoms with Crippen molar-refractivity contribution in [3.05, 3.63) is 46.5 Å². The van der Waals surface area contributed by atoms with Gasteiger partial charge in [0.05, 0.1) is 0 Å². The number of hydrogen-bond donors (Lipinski definition) is 0. The first-order valence-corrected chi connectivity index (χ1v) is 25.7. The fraction of sp³-hybridized carbons (Fsp3) is 0.722. The Hall–Kier alpha value is 0.414. The molecule has 0 amide bonds. The van der Waals surface area contributed by atoms with Crippen LogP contribution in [0, 0.1) is 0 Å². The Kier molecular flexibility index (Phi) is 20.0.